The molecule has 0 aromatic heterocycles. The summed E-state index contributed by atoms with van der Waals surface area (Å²) in [4.78, 5) is 10.6. The van der Waals surface area contributed by atoms with Crippen LogP contribution in [0.1, 0.15) is 16.7 Å². The Balaban J connectivity index is 2.55. The summed E-state index contributed by atoms with van der Waals surface area (Å²) in [6.45, 7) is 5.89. The molecule has 0 aliphatic carbocycles. The summed E-state index contributed by atoms with van der Waals surface area (Å²) in [5, 5.41) is 14.1. The van der Waals surface area contributed by atoms with Crippen LogP contribution in [0.3, 0.4) is 0 Å². The smallest absolute Gasteiger partial charge is 0.276 e. The molecule has 2 N–H and O–H groups in total. The van der Waals surface area contributed by atoms with Gasteiger partial charge >= 0.3 is 0 Å². The third kappa shape index (κ3) is 2.54. The van der Waals surface area contributed by atoms with Crippen LogP contribution in [0.15, 0.2) is 11.0 Å². The normalized spacial score (nSPS) is 15.9. The molecular formula is C12H17N3O4S. The lowest BCUT2D eigenvalue weighted by molar-refractivity contribution is -0.386. The average molecular weight is 299 g/mol. The number of nitro groups is 1. The minimum absolute atomic E-state index is 0.0155. The Bertz CT molecular complexity index is 666. The zero-order chi connectivity index (χ0) is 15.1. The largest absolute Gasteiger partial charge is 0.313 e. The zero-order valence-corrected chi connectivity index (χ0v) is 12.4. The first kappa shape index (κ1) is 14.9. The summed E-state index contributed by atoms with van der Waals surface area (Å²) in [5.41, 5.74) is 1.04. The van der Waals surface area contributed by atoms with Crippen LogP contribution < -0.4 is 10.0 Å². The van der Waals surface area contributed by atoms with Crippen molar-refractivity contribution in [1.82, 2.24) is 10.0 Å². The number of nitrogens with zero attached hydrogens (tertiary/aromatic N) is 1. The Labute approximate surface area is 117 Å². The van der Waals surface area contributed by atoms with Crippen molar-refractivity contribution in [3.8, 4) is 0 Å². The van der Waals surface area contributed by atoms with Gasteiger partial charge in [-0.25, -0.2) is 13.1 Å². The lowest BCUT2D eigenvalue weighted by Gasteiger charge is -2.28. The number of rotatable bonds is 4. The Kier molecular flexibility index (Phi) is 3.81. The van der Waals surface area contributed by atoms with Gasteiger partial charge in [-0.15, -0.1) is 0 Å². The number of nitro benzene ring substituents is 1. The van der Waals surface area contributed by atoms with Crippen molar-refractivity contribution < 1.29 is 13.3 Å². The minimum atomic E-state index is -3.75. The predicted octanol–water partition coefficient (Wildman–Crippen LogP) is 0.770. The molecule has 0 spiro atoms. The number of benzene rings is 1. The number of hydrogen-bond acceptors (Lipinski definition) is 5. The Hall–Kier alpha value is -1.51. The van der Waals surface area contributed by atoms with Crippen LogP contribution in [0.5, 0.6) is 0 Å². The van der Waals surface area contributed by atoms with E-state index in [4.69, 9.17) is 0 Å². The van der Waals surface area contributed by atoms with Crippen LogP contribution in [0.2, 0.25) is 0 Å². The molecule has 2 rings (SSSR count). The van der Waals surface area contributed by atoms with Crippen molar-refractivity contribution in [3.05, 3.63) is 32.9 Å². The van der Waals surface area contributed by atoms with Crippen LogP contribution in [0.4, 0.5) is 5.69 Å². The van der Waals surface area contributed by atoms with Gasteiger partial charge in [0.1, 0.15) is 0 Å². The fraction of sp³-hybridized carbons (Fsp3) is 0.500. The van der Waals surface area contributed by atoms with Crippen molar-refractivity contribution in [2.75, 3.05) is 13.1 Å². The second-order valence-electron chi connectivity index (χ2n) is 5.05. The molecule has 1 aliphatic rings. The first-order valence-corrected chi connectivity index (χ1v) is 7.70. The average Bonchev–Trinajstić information content (AvgIpc) is 2.21. The van der Waals surface area contributed by atoms with E-state index in [2.05, 4.69) is 10.0 Å². The van der Waals surface area contributed by atoms with Gasteiger partial charge in [-0.1, -0.05) is 0 Å². The van der Waals surface area contributed by atoms with Gasteiger partial charge in [0.15, 0.2) is 0 Å². The van der Waals surface area contributed by atoms with Gasteiger partial charge in [-0.2, -0.15) is 0 Å². The molecule has 0 amide bonds. The maximum absolute atomic E-state index is 12.4. The van der Waals surface area contributed by atoms with Crippen LogP contribution in [-0.2, 0) is 10.0 Å². The van der Waals surface area contributed by atoms with Gasteiger partial charge in [0.05, 0.1) is 9.82 Å². The highest BCUT2D eigenvalue weighted by Gasteiger charge is 2.30. The summed E-state index contributed by atoms with van der Waals surface area (Å²) in [6.07, 6.45) is 0. The van der Waals surface area contributed by atoms with Gasteiger partial charge in [-0.05, 0) is 32.4 Å². The molecule has 0 saturated carbocycles. The van der Waals surface area contributed by atoms with E-state index >= 15 is 0 Å². The summed E-state index contributed by atoms with van der Waals surface area (Å²) >= 11 is 0. The molecule has 1 aromatic carbocycles. The van der Waals surface area contributed by atoms with Crippen molar-refractivity contribution in [1.29, 1.82) is 0 Å². The topological polar surface area (TPSA) is 101 Å². The van der Waals surface area contributed by atoms with E-state index in [9.17, 15) is 18.5 Å². The van der Waals surface area contributed by atoms with Crippen molar-refractivity contribution >= 4 is 15.7 Å². The first-order chi connectivity index (χ1) is 9.24. The van der Waals surface area contributed by atoms with Gasteiger partial charge in [0, 0.05) is 30.3 Å². The van der Waals surface area contributed by atoms with Crippen molar-refractivity contribution in [3.63, 3.8) is 0 Å². The molecule has 1 aliphatic heterocycles. The fourth-order valence-corrected chi connectivity index (χ4v) is 4.21. The van der Waals surface area contributed by atoms with E-state index in [1.165, 1.54) is 6.92 Å². The second kappa shape index (κ2) is 5.12. The number of nitrogens with one attached hydrogen (secondary N) is 2. The maximum atomic E-state index is 12.4. The quantitative estimate of drug-likeness (QED) is 0.631. The molecule has 1 fully saturated rings. The van der Waals surface area contributed by atoms with Gasteiger partial charge in [0.25, 0.3) is 5.69 Å². The molecule has 7 nitrogen and oxygen atoms in total. The minimum Gasteiger partial charge on any atom is -0.313 e. The lowest BCUT2D eigenvalue weighted by Crippen LogP contribution is -2.56. The molecule has 0 atom stereocenters. The highest BCUT2D eigenvalue weighted by Crippen LogP contribution is 2.31. The van der Waals surface area contributed by atoms with Crippen molar-refractivity contribution in [2.24, 2.45) is 0 Å². The first-order valence-electron chi connectivity index (χ1n) is 6.22. The molecule has 0 bridgehead atoms. The van der Waals surface area contributed by atoms with Crippen LogP contribution >= 0.6 is 0 Å². The molecule has 0 radical (unpaired) electrons. The lowest BCUT2D eigenvalue weighted by atomic mass is 10.1. The molecular weight excluding hydrogens is 282 g/mol. The molecule has 1 saturated heterocycles. The van der Waals surface area contributed by atoms with Crippen molar-refractivity contribution in [2.45, 2.75) is 31.7 Å². The number of sulfonamides is 1. The Morgan fingerprint density at radius 2 is 1.90 bits per heavy atom. The highest BCUT2D eigenvalue weighted by molar-refractivity contribution is 7.89. The number of aryl methyl sites for hydroxylation is 2. The monoisotopic (exact) mass is 299 g/mol. The molecule has 0 unspecified atom stereocenters. The van der Waals surface area contributed by atoms with Crippen LogP contribution in [0, 0.1) is 30.9 Å². The second-order valence-corrected chi connectivity index (χ2v) is 6.70. The van der Waals surface area contributed by atoms with E-state index in [0.717, 1.165) is 0 Å². The maximum Gasteiger partial charge on any atom is 0.276 e. The molecule has 110 valence electrons. The standard InChI is InChI=1S/C12H17N3O4S/c1-7-4-8(2)12(9(3)11(7)15(16)17)20(18,19)14-10-5-13-6-10/h4,10,13-14H,5-6H2,1-3H3. The van der Waals surface area contributed by atoms with Gasteiger partial charge in [0.2, 0.25) is 10.0 Å². The van der Waals surface area contributed by atoms with Crippen LogP contribution in [-0.4, -0.2) is 32.5 Å². The molecule has 1 aromatic rings. The van der Waals surface area contributed by atoms with E-state index in [-0.39, 0.29) is 22.2 Å². The van der Waals surface area contributed by atoms with E-state index in [0.29, 0.717) is 24.2 Å². The van der Waals surface area contributed by atoms with E-state index in [1.807, 2.05) is 0 Å². The van der Waals surface area contributed by atoms with Crippen LogP contribution in [0.25, 0.3) is 0 Å². The van der Waals surface area contributed by atoms with E-state index in [1.54, 1.807) is 19.9 Å². The summed E-state index contributed by atoms with van der Waals surface area (Å²) in [6, 6.07) is 1.39. The summed E-state index contributed by atoms with van der Waals surface area (Å²) in [5.74, 6) is 0. The highest BCUT2D eigenvalue weighted by atomic mass is 32.2. The fourth-order valence-electron chi connectivity index (χ4n) is 2.50. The third-order valence-electron chi connectivity index (χ3n) is 3.42. The molecule has 8 heteroatoms. The summed E-state index contributed by atoms with van der Waals surface area (Å²) in [7, 11) is -3.75. The third-order valence-corrected chi connectivity index (χ3v) is 5.22. The summed E-state index contributed by atoms with van der Waals surface area (Å²) < 4.78 is 27.4. The van der Waals surface area contributed by atoms with Gasteiger partial charge in [-0.3, -0.25) is 10.1 Å². The van der Waals surface area contributed by atoms with Gasteiger partial charge < -0.3 is 5.32 Å². The van der Waals surface area contributed by atoms with E-state index < -0.39 is 14.9 Å². The Morgan fingerprint density at radius 3 is 2.35 bits per heavy atom. The Morgan fingerprint density at radius 1 is 1.30 bits per heavy atom. The SMILES string of the molecule is Cc1cc(C)c(S(=O)(=O)NC2CNC2)c(C)c1[N+](=O)[O-]. The predicted molar refractivity (Wildman–Crippen MR) is 74.3 cm³/mol. The molecule has 1 heterocycles. The zero-order valence-electron chi connectivity index (χ0n) is 11.6. The molecule has 20 heavy (non-hydrogen) atoms. The number of hydrogen-bond donors (Lipinski definition) is 2.